The molecule has 0 bridgehead atoms. The van der Waals surface area contributed by atoms with Gasteiger partial charge in [0.1, 0.15) is 11.4 Å². The van der Waals surface area contributed by atoms with Crippen LogP contribution in [0.2, 0.25) is 0 Å². The summed E-state index contributed by atoms with van der Waals surface area (Å²) in [6.45, 7) is 3.26. The number of alkyl halides is 3. The van der Waals surface area contributed by atoms with Crippen molar-refractivity contribution in [1.82, 2.24) is 15.3 Å². The molecule has 0 radical (unpaired) electrons. The number of ether oxygens (including phenoxy) is 2. The highest BCUT2D eigenvalue weighted by Crippen LogP contribution is 2.34. The van der Waals surface area contributed by atoms with Crippen LogP contribution in [0.3, 0.4) is 0 Å². The summed E-state index contributed by atoms with van der Waals surface area (Å²) in [4.78, 5) is 20.2. The fourth-order valence-electron chi connectivity index (χ4n) is 2.26. The normalized spacial score (nSPS) is 11.8. The highest BCUT2D eigenvalue weighted by atomic mass is 19.4. The molecule has 6 nitrogen and oxygen atoms in total. The van der Waals surface area contributed by atoms with Gasteiger partial charge in [0.2, 0.25) is 5.91 Å². The van der Waals surface area contributed by atoms with Gasteiger partial charge in [-0.3, -0.25) is 4.79 Å². The van der Waals surface area contributed by atoms with E-state index in [1.165, 1.54) is 32.5 Å². The van der Waals surface area contributed by atoms with Crippen molar-refractivity contribution in [1.29, 1.82) is 0 Å². The Labute approximate surface area is 148 Å². The summed E-state index contributed by atoms with van der Waals surface area (Å²) in [6, 6.07) is 4.15. The molecule has 2 rings (SSSR count). The predicted molar refractivity (Wildman–Crippen MR) is 87.2 cm³/mol. The van der Waals surface area contributed by atoms with Gasteiger partial charge in [0.15, 0.2) is 5.75 Å². The number of carbonyl (C=O) groups excluding carboxylic acids is 1. The third kappa shape index (κ3) is 4.04. The van der Waals surface area contributed by atoms with Gasteiger partial charge in [-0.05, 0) is 32.0 Å². The zero-order valence-corrected chi connectivity index (χ0v) is 14.6. The molecule has 0 atom stereocenters. The monoisotopic (exact) mass is 369 g/mol. The van der Waals surface area contributed by atoms with Crippen LogP contribution in [0.25, 0.3) is 0 Å². The summed E-state index contributed by atoms with van der Waals surface area (Å²) in [5.74, 6) is -0.136. The molecule has 1 amide bonds. The van der Waals surface area contributed by atoms with Crippen molar-refractivity contribution < 1.29 is 27.4 Å². The molecule has 0 aliphatic heterocycles. The summed E-state index contributed by atoms with van der Waals surface area (Å²) in [5, 5.41) is 2.53. The molecule has 140 valence electrons. The number of amides is 1. The van der Waals surface area contributed by atoms with E-state index in [0.29, 0.717) is 0 Å². The van der Waals surface area contributed by atoms with Crippen LogP contribution in [0, 0.1) is 0 Å². The number of hydrogen-bond donors (Lipinski definition) is 1. The van der Waals surface area contributed by atoms with Gasteiger partial charge in [-0.1, -0.05) is 6.07 Å². The first-order chi connectivity index (χ1) is 12.1. The van der Waals surface area contributed by atoms with Crippen molar-refractivity contribution in [2.45, 2.75) is 25.4 Å². The molecule has 1 heterocycles. The number of aromatic nitrogens is 2. The van der Waals surface area contributed by atoms with Crippen LogP contribution < -0.4 is 14.8 Å². The molecule has 0 fully saturated rings. The van der Waals surface area contributed by atoms with Crippen LogP contribution in [-0.2, 0) is 16.4 Å². The Bertz CT molecular complexity index is 807. The number of methoxy groups -OCH3 is 1. The SMILES string of the molecule is CNC(=O)C(C)(C)c1nc(Oc2cccc(C(F)(F)F)c2)ncc1OC. The number of rotatable bonds is 5. The Hall–Kier alpha value is -2.84. The average Bonchev–Trinajstić information content (AvgIpc) is 2.60. The van der Waals surface area contributed by atoms with Gasteiger partial charge in [-0.15, -0.1) is 0 Å². The smallest absolute Gasteiger partial charge is 0.416 e. The molecule has 0 saturated carbocycles. The summed E-state index contributed by atoms with van der Waals surface area (Å²) in [7, 11) is 2.88. The number of benzene rings is 1. The highest BCUT2D eigenvalue weighted by molar-refractivity contribution is 5.87. The fraction of sp³-hybridized carbons (Fsp3) is 0.353. The summed E-state index contributed by atoms with van der Waals surface area (Å²) >= 11 is 0. The minimum Gasteiger partial charge on any atom is -0.493 e. The second kappa shape index (κ2) is 7.19. The van der Waals surface area contributed by atoms with Crippen LogP contribution in [0.4, 0.5) is 13.2 Å². The van der Waals surface area contributed by atoms with Crippen LogP contribution in [0.15, 0.2) is 30.5 Å². The van der Waals surface area contributed by atoms with Crippen LogP contribution >= 0.6 is 0 Å². The van der Waals surface area contributed by atoms with Gasteiger partial charge in [-0.2, -0.15) is 23.1 Å². The number of nitrogens with zero attached hydrogens (tertiary/aromatic N) is 2. The minimum atomic E-state index is -4.49. The molecule has 0 aliphatic carbocycles. The lowest BCUT2D eigenvalue weighted by Gasteiger charge is -2.24. The maximum atomic E-state index is 12.8. The number of nitrogens with one attached hydrogen (secondary N) is 1. The van der Waals surface area contributed by atoms with E-state index in [1.807, 2.05) is 0 Å². The van der Waals surface area contributed by atoms with E-state index in [1.54, 1.807) is 13.8 Å². The van der Waals surface area contributed by atoms with Gasteiger partial charge in [0, 0.05) is 7.05 Å². The molecule has 1 N–H and O–H groups in total. The van der Waals surface area contributed by atoms with Crippen molar-refractivity contribution in [3.63, 3.8) is 0 Å². The van der Waals surface area contributed by atoms with Crippen molar-refractivity contribution in [3.8, 4) is 17.5 Å². The highest BCUT2D eigenvalue weighted by Gasteiger charge is 2.35. The first-order valence-corrected chi connectivity index (χ1v) is 7.58. The Kier molecular flexibility index (Phi) is 5.38. The Balaban J connectivity index is 2.41. The average molecular weight is 369 g/mol. The zero-order chi connectivity index (χ0) is 19.5. The molecule has 0 spiro atoms. The molecule has 0 saturated heterocycles. The Morgan fingerprint density at radius 2 is 1.92 bits per heavy atom. The zero-order valence-electron chi connectivity index (χ0n) is 14.6. The lowest BCUT2D eigenvalue weighted by molar-refractivity contribution is -0.137. The van der Waals surface area contributed by atoms with Crippen molar-refractivity contribution in [3.05, 3.63) is 41.7 Å². The molecule has 1 aromatic heterocycles. The quantitative estimate of drug-likeness (QED) is 0.875. The van der Waals surface area contributed by atoms with Crippen LogP contribution in [-0.4, -0.2) is 30.0 Å². The lowest BCUT2D eigenvalue weighted by Crippen LogP contribution is -2.39. The molecular formula is C17H18F3N3O3. The standard InChI is InChI=1S/C17H18F3N3O3/c1-16(2,14(24)21-3)13-12(25-4)9-22-15(23-13)26-11-7-5-6-10(8-11)17(18,19)20/h5-9H,1-4H3,(H,21,24). The van der Waals surface area contributed by atoms with E-state index in [-0.39, 0.29) is 29.1 Å². The predicted octanol–water partition coefficient (Wildman–Crippen LogP) is 3.32. The van der Waals surface area contributed by atoms with Crippen molar-refractivity contribution in [2.75, 3.05) is 14.2 Å². The third-order valence-corrected chi connectivity index (χ3v) is 3.71. The fourth-order valence-corrected chi connectivity index (χ4v) is 2.26. The second-order valence-electron chi connectivity index (χ2n) is 5.90. The molecule has 9 heteroatoms. The topological polar surface area (TPSA) is 73.3 Å². The molecular weight excluding hydrogens is 351 g/mol. The number of carbonyl (C=O) groups is 1. The first kappa shape index (κ1) is 19.5. The summed E-state index contributed by atoms with van der Waals surface area (Å²) in [5.41, 5.74) is -1.68. The van der Waals surface area contributed by atoms with Gasteiger partial charge in [0.25, 0.3) is 0 Å². The molecule has 0 unspecified atom stereocenters. The van der Waals surface area contributed by atoms with E-state index >= 15 is 0 Å². The number of likely N-dealkylation sites (N-methyl/N-ethyl adjacent to an activating group) is 1. The van der Waals surface area contributed by atoms with Gasteiger partial charge >= 0.3 is 12.2 Å². The van der Waals surface area contributed by atoms with Crippen LogP contribution in [0.5, 0.6) is 17.5 Å². The van der Waals surface area contributed by atoms with E-state index < -0.39 is 17.2 Å². The third-order valence-electron chi connectivity index (χ3n) is 3.71. The Morgan fingerprint density at radius 1 is 1.23 bits per heavy atom. The minimum absolute atomic E-state index is 0.0753. The van der Waals surface area contributed by atoms with Crippen molar-refractivity contribution in [2.24, 2.45) is 0 Å². The van der Waals surface area contributed by atoms with Crippen LogP contribution in [0.1, 0.15) is 25.1 Å². The lowest BCUT2D eigenvalue weighted by atomic mass is 9.87. The number of hydrogen-bond acceptors (Lipinski definition) is 5. The summed E-state index contributed by atoms with van der Waals surface area (Å²) in [6.07, 6.45) is -3.19. The summed E-state index contributed by atoms with van der Waals surface area (Å²) < 4.78 is 49.0. The molecule has 0 aliphatic rings. The first-order valence-electron chi connectivity index (χ1n) is 7.58. The maximum absolute atomic E-state index is 12.8. The molecule has 26 heavy (non-hydrogen) atoms. The van der Waals surface area contributed by atoms with Gasteiger partial charge in [-0.25, -0.2) is 0 Å². The van der Waals surface area contributed by atoms with E-state index in [2.05, 4.69) is 15.3 Å². The molecule has 2 aromatic rings. The number of halogens is 3. The van der Waals surface area contributed by atoms with Gasteiger partial charge in [0.05, 0.1) is 24.3 Å². The molecule has 1 aromatic carbocycles. The van der Waals surface area contributed by atoms with Crippen molar-refractivity contribution >= 4 is 5.91 Å². The maximum Gasteiger partial charge on any atom is 0.416 e. The van der Waals surface area contributed by atoms with E-state index in [9.17, 15) is 18.0 Å². The van der Waals surface area contributed by atoms with E-state index in [4.69, 9.17) is 9.47 Å². The Morgan fingerprint density at radius 3 is 2.50 bits per heavy atom. The van der Waals surface area contributed by atoms with Gasteiger partial charge < -0.3 is 14.8 Å². The largest absolute Gasteiger partial charge is 0.493 e. The second-order valence-corrected chi connectivity index (χ2v) is 5.90. The van der Waals surface area contributed by atoms with E-state index in [0.717, 1.165) is 12.1 Å².